The smallest absolute Gasteiger partial charge is 0.194 e. The van der Waals surface area contributed by atoms with E-state index in [0.717, 1.165) is 33.5 Å². The summed E-state index contributed by atoms with van der Waals surface area (Å²) in [5, 5.41) is 1.16. The van der Waals surface area contributed by atoms with E-state index in [4.69, 9.17) is 4.98 Å². The van der Waals surface area contributed by atoms with Crippen LogP contribution in [0.25, 0.3) is 44.7 Å². The molecule has 47 heavy (non-hydrogen) atoms. The maximum absolute atomic E-state index is 12.4. The van der Waals surface area contributed by atoms with Gasteiger partial charge in [-0.15, -0.1) is 35.4 Å². The van der Waals surface area contributed by atoms with Gasteiger partial charge < -0.3 is 4.98 Å². The summed E-state index contributed by atoms with van der Waals surface area (Å²) in [5.41, 5.74) is 9.53. The molecular formula is C42H34IrN3O-. The van der Waals surface area contributed by atoms with Crippen molar-refractivity contribution in [3.05, 3.63) is 175 Å². The molecule has 1 radical (unpaired) electrons. The van der Waals surface area contributed by atoms with E-state index in [1.54, 1.807) is 12.4 Å². The number of hydrogen-bond acceptors (Lipinski definition) is 4. The topological polar surface area (TPSA) is 55.7 Å². The van der Waals surface area contributed by atoms with Crippen molar-refractivity contribution < 1.29 is 24.9 Å². The summed E-state index contributed by atoms with van der Waals surface area (Å²) in [7, 11) is 0. The summed E-state index contributed by atoms with van der Waals surface area (Å²) in [6, 6.07) is 49.1. The van der Waals surface area contributed by atoms with Gasteiger partial charge in [-0.25, -0.2) is 4.98 Å². The normalized spacial score (nSPS) is 10.8. The minimum absolute atomic E-state index is 0. The van der Waals surface area contributed by atoms with Crippen molar-refractivity contribution in [2.45, 2.75) is 26.2 Å². The van der Waals surface area contributed by atoms with Crippen LogP contribution in [-0.4, -0.2) is 20.7 Å². The first-order valence-corrected chi connectivity index (χ1v) is 15.3. The van der Waals surface area contributed by atoms with Crippen LogP contribution in [0.15, 0.2) is 152 Å². The van der Waals surface area contributed by atoms with Crippen LogP contribution in [0.5, 0.6) is 0 Å². The minimum atomic E-state index is -0.0123. The Morgan fingerprint density at radius 2 is 1.34 bits per heavy atom. The SMILES string of the molecule is CC(C)(C)c1c[c-]c(-c2ccc(C(=O)c3ccccc3)cn2)cc1.[Ir].c1ccc(-c2cc(-c3ccccn3)nc3ccccc23)cc1. The number of ketones is 1. The molecule has 0 unspecified atom stereocenters. The second-order valence-corrected chi connectivity index (χ2v) is 12.0. The van der Waals surface area contributed by atoms with Gasteiger partial charge in [-0.3, -0.25) is 9.78 Å². The van der Waals surface area contributed by atoms with Crippen molar-refractivity contribution in [2.24, 2.45) is 0 Å². The fraction of sp³-hybridized carbons (Fsp3) is 0.0952. The van der Waals surface area contributed by atoms with Gasteiger partial charge in [0.25, 0.3) is 0 Å². The van der Waals surface area contributed by atoms with E-state index in [2.05, 4.69) is 85.3 Å². The number of hydrogen-bond donors (Lipinski definition) is 0. The second-order valence-electron chi connectivity index (χ2n) is 12.0. The summed E-state index contributed by atoms with van der Waals surface area (Å²) >= 11 is 0. The number of para-hydroxylation sites is 1. The second kappa shape index (κ2) is 15.0. The molecule has 4 nitrogen and oxygen atoms in total. The molecule has 3 aromatic heterocycles. The van der Waals surface area contributed by atoms with Crippen LogP contribution in [0.4, 0.5) is 0 Å². The number of aromatic nitrogens is 3. The van der Waals surface area contributed by atoms with Gasteiger partial charge in [0.05, 0.1) is 16.9 Å². The number of benzene rings is 4. The molecule has 3 heterocycles. The number of carbonyl (C=O) groups is 1. The maximum atomic E-state index is 12.4. The number of rotatable bonds is 5. The van der Waals surface area contributed by atoms with Gasteiger partial charge in [-0.2, -0.15) is 0 Å². The summed E-state index contributed by atoms with van der Waals surface area (Å²) in [5.74, 6) is -0.0123. The van der Waals surface area contributed by atoms with E-state index in [1.807, 2.05) is 91.0 Å². The van der Waals surface area contributed by atoms with E-state index >= 15 is 0 Å². The van der Waals surface area contributed by atoms with Crippen LogP contribution in [0.1, 0.15) is 42.3 Å². The summed E-state index contributed by atoms with van der Waals surface area (Å²) < 4.78 is 0. The molecule has 0 bridgehead atoms. The molecular weight excluding hydrogens is 755 g/mol. The molecule has 0 fully saturated rings. The number of pyridine rings is 3. The van der Waals surface area contributed by atoms with Crippen LogP contribution >= 0.6 is 0 Å². The molecule has 0 spiro atoms. The van der Waals surface area contributed by atoms with E-state index in [0.29, 0.717) is 11.1 Å². The van der Waals surface area contributed by atoms with Gasteiger partial charge in [0.1, 0.15) is 0 Å². The van der Waals surface area contributed by atoms with Crippen molar-refractivity contribution in [1.82, 2.24) is 15.0 Å². The standard InChI is InChI=1S/C22H20NO.C20H14N2.Ir/c1-22(2,3)19-12-9-16(10-13-19)20-14-11-18(15-23-20)21(24)17-7-5-4-6-8-17;1-2-8-15(9-3-1)17-14-20(19-12-6-7-13-21-19)22-18-11-5-4-10-16(17)18;/h4-9,11-15H,1-3H3;1-14H;/q-1;;. The fourth-order valence-corrected chi connectivity index (χ4v) is 5.17. The van der Waals surface area contributed by atoms with Crippen LogP contribution in [0, 0.1) is 6.07 Å². The van der Waals surface area contributed by atoms with Gasteiger partial charge in [-0.1, -0.05) is 118 Å². The van der Waals surface area contributed by atoms with Crippen LogP contribution in [0.3, 0.4) is 0 Å². The van der Waals surface area contributed by atoms with Crippen LogP contribution < -0.4 is 0 Å². The molecule has 0 atom stereocenters. The number of fused-ring (bicyclic) bond motifs is 1. The van der Waals surface area contributed by atoms with Crippen molar-refractivity contribution in [1.29, 1.82) is 0 Å². The minimum Gasteiger partial charge on any atom is -0.304 e. The third kappa shape index (κ3) is 8.01. The van der Waals surface area contributed by atoms with E-state index in [1.165, 1.54) is 16.7 Å². The van der Waals surface area contributed by atoms with Gasteiger partial charge in [-0.05, 0) is 46.5 Å². The number of nitrogens with zero attached hydrogens (tertiary/aromatic N) is 3. The average Bonchev–Trinajstić information content (AvgIpc) is 3.12. The Bertz CT molecular complexity index is 2060. The predicted octanol–water partition coefficient (Wildman–Crippen LogP) is 10.0. The summed E-state index contributed by atoms with van der Waals surface area (Å²) in [4.78, 5) is 26.0. The third-order valence-corrected chi connectivity index (χ3v) is 7.74. The molecule has 5 heteroatoms. The zero-order chi connectivity index (χ0) is 31.9. The Kier molecular flexibility index (Phi) is 10.6. The molecule has 7 aromatic rings. The monoisotopic (exact) mass is 789 g/mol. The molecule has 0 aliphatic carbocycles. The Morgan fingerprint density at radius 3 is 1.98 bits per heavy atom. The van der Waals surface area contributed by atoms with Crippen molar-refractivity contribution >= 4 is 16.7 Å². The maximum Gasteiger partial charge on any atom is 0.194 e. The van der Waals surface area contributed by atoms with Crippen molar-refractivity contribution in [2.75, 3.05) is 0 Å². The Hall–Kier alpha value is -5.09. The number of carbonyl (C=O) groups excluding carboxylic acids is 1. The molecule has 0 aliphatic heterocycles. The van der Waals surface area contributed by atoms with Gasteiger partial charge in [0.15, 0.2) is 5.78 Å². The third-order valence-electron chi connectivity index (χ3n) is 7.74. The molecule has 0 amide bonds. The average molecular weight is 789 g/mol. The summed E-state index contributed by atoms with van der Waals surface area (Å²) in [6.45, 7) is 6.54. The first-order chi connectivity index (χ1) is 22.4. The Balaban J connectivity index is 0.000000181. The zero-order valence-corrected chi connectivity index (χ0v) is 28.9. The van der Waals surface area contributed by atoms with E-state index < -0.39 is 0 Å². The molecule has 233 valence electrons. The predicted molar refractivity (Wildman–Crippen MR) is 187 cm³/mol. The largest absolute Gasteiger partial charge is 0.304 e. The Labute approximate surface area is 290 Å². The fourth-order valence-electron chi connectivity index (χ4n) is 5.17. The first-order valence-electron chi connectivity index (χ1n) is 15.3. The molecule has 4 aromatic carbocycles. The van der Waals surface area contributed by atoms with Crippen molar-refractivity contribution in [3.8, 4) is 33.8 Å². The van der Waals surface area contributed by atoms with Gasteiger partial charge in [0, 0.05) is 49.0 Å². The van der Waals surface area contributed by atoms with Gasteiger partial charge >= 0.3 is 0 Å². The quantitative estimate of drug-likeness (QED) is 0.129. The molecule has 0 saturated carbocycles. The zero-order valence-electron chi connectivity index (χ0n) is 26.5. The van der Waals surface area contributed by atoms with Gasteiger partial charge in [0.2, 0.25) is 0 Å². The first kappa shape index (κ1) is 33.3. The van der Waals surface area contributed by atoms with Crippen LogP contribution in [0.2, 0.25) is 0 Å². The van der Waals surface area contributed by atoms with E-state index in [9.17, 15) is 4.79 Å². The molecule has 0 N–H and O–H groups in total. The Morgan fingerprint density at radius 1 is 0.638 bits per heavy atom. The molecule has 0 saturated heterocycles. The van der Waals surface area contributed by atoms with E-state index in [-0.39, 0.29) is 31.3 Å². The van der Waals surface area contributed by atoms with Crippen LogP contribution in [-0.2, 0) is 25.5 Å². The summed E-state index contributed by atoms with van der Waals surface area (Å²) in [6.07, 6.45) is 3.44. The molecule has 0 aliphatic rings. The molecule has 7 rings (SSSR count). The van der Waals surface area contributed by atoms with Crippen molar-refractivity contribution in [3.63, 3.8) is 0 Å².